The van der Waals surface area contributed by atoms with Gasteiger partial charge in [0.1, 0.15) is 5.75 Å². The molecule has 1 atom stereocenters. The third-order valence-electron chi connectivity index (χ3n) is 2.67. The zero-order chi connectivity index (χ0) is 12.7. The standard InChI is InChI=1S/C13H21NO3/c1-14(9-12(16)10-15)8-7-11-3-5-13(17-2)6-4-11/h3-6,12,15-16H,7-10H2,1-2H3. The quantitative estimate of drug-likeness (QED) is 0.728. The summed E-state index contributed by atoms with van der Waals surface area (Å²) in [5, 5.41) is 18.0. The molecule has 0 aliphatic carbocycles. The van der Waals surface area contributed by atoms with Gasteiger partial charge in [0.2, 0.25) is 0 Å². The monoisotopic (exact) mass is 239 g/mol. The minimum Gasteiger partial charge on any atom is -0.497 e. The highest BCUT2D eigenvalue weighted by atomic mass is 16.5. The highest BCUT2D eigenvalue weighted by molar-refractivity contribution is 5.27. The minimum atomic E-state index is -0.657. The average Bonchev–Trinajstić information content (AvgIpc) is 2.36. The van der Waals surface area contributed by atoms with E-state index >= 15 is 0 Å². The lowest BCUT2D eigenvalue weighted by molar-refractivity contribution is 0.0669. The maximum atomic E-state index is 9.29. The summed E-state index contributed by atoms with van der Waals surface area (Å²) < 4.78 is 5.09. The van der Waals surface area contributed by atoms with Crippen LogP contribution < -0.4 is 4.74 Å². The van der Waals surface area contributed by atoms with E-state index in [0.29, 0.717) is 6.54 Å². The van der Waals surface area contributed by atoms with E-state index < -0.39 is 6.10 Å². The molecule has 96 valence electrons. The van der Waals surface area contributed by atoms with E-state index in [2.05, 4.69) is 0 Å². The van der Waals surface area contributed by atoms with Gasteiger partial charge in [0.05, 0.1) is 19.8 Å². The molecule has 4 heteroatoms. The molecule has 0 aliphatic rings. The van der Waals surface area contributed by atoms with Crippen LogP contribution in [0.5, 0.6) is 5.75 Å². The maximum absolute atomic E-state index is 9.29. The van der Waals surface area contributed by atoms with Gasteiger partial charge in [-0.2, -0.15) is 0 Å². The molecule has 4 nitrogen and oxygen atoms in total. The number of hydrogen-bond donors (Lipinski definition) is 2. The van der Waals surface area contributed by atoms with Gasteiger partial charge in [-0.25, -0.2) is 0 Å². The summed E-state index contributed by atoms with van der Waals surface area (Å²) in [7, 11) is 3.58. The topological polar surface area (TPSA) is 52.9 Å². The summed E-state index contributed by atoms with van der Waals surface area (Å²) in [5.74, 6) is 0.859. The molecular formula is C13H21NO3. The normalized spacial score (nSPS) is 12.8. The minimum absolute atomic E-state index is 0.188. The number of aliphatic hydroxyl groups is 2. The summed E-state index contributed by atoms with van der Waals surface area (Å²) in [5.41, 5.74) is 1.23. The van der Waals surface area contributed by atoms with Gasteiger partial charge in [0.15, 0.2) is 0 Å². The molecule has 0 saturated heterocycles. The molecule has 0 aliphatic heterocycles. The number of rotatable bonds is 7. The fourth-order valence-corrected chi connectivity index (χ4v) is 1.62. The number of likely N-dealkylation sites (N-methyl/N-ethyl adjacent to an activating group) is 1. The number of nitrogens with zero attached hydrogens (tertiary/aromatic N) is 1. The maximum Gasteiger partial charge on any atom is 0.118 e. The lowest BCUT2D eigenvalue weighted by Crippen LogP contribution is -2.32. The Kier molecular flexibility index (Phi) is 5.97. The van der Waals surface area contributed by atoms with Crippen molar-refractivity contribution in [1.29, 1.82) is 0 Å². The highest BCUT2D eigenvalue weighted by Gasteiger charge is 2.06. The first-order valence-electron chi connectivity index (χ1n) is 5.76. The van der Waals surface area contributed by atoms with Crippen LogP contribution in [0.15, 0.2) is 24.3 Å². The molecule has 0 heterocycles. The Morgan fingerprint density at radius 2 is 1.94 bits per heavy atom. The molecule has 1 aromatic carbocycles. The van der Waals surface area contributed by atoms with Gasteiger partial charge in [-0.3, -0.25) is 0 Å². The molecule has 17 heavy (non-hydrogen) atoms. The van der Waals surface area contributed by atoms with Crippen molar-refractivity contribution >= 4 is 0 Å². The Morgan fingerprint density at radius 3 is 2.47 bits per heavy atom. The van der Waals surface area contributed by atoms with Crippen LogP contribution in [0.3, 0.4) is 0 Å². The Hall–Kier alpha value is -1.10. The van der Waals surface area contributed by atoms with E-state index in [-0.39, 0.29) is 6.61 Å². The van der Waals surface area contributed by atoms with Crippen LogP contribution in [0.4, 0.5) is 0 Å². The third kappa shape index (κ3) is 5.17. The van der Waals surface area contributed by atoms with E-state index in [9.17, 15) is 5.11 Å². The van der Waals surface area contributed by atoms with Crippen molar-refractivity contribution in [2.24, 2.45) is 0 Å². The van der Waals surface area contributed by atoms with Crippen LogP contribution in [0, 0.1) is 0 Å². The van der Waals surface area contributed by atoms with E-state index in [1.54, 1.807) is 7.11 Å². The highest BCUT2D eigenvalue weighted by Crippen LogP contribution is 2.11. The van der Waals surface area contributed by atoms with E-state index in [4.69, 9.17) is 9.84 Å². The van der Waals surface area contributed by atoms with Gasteiger partial charge >= 0.3 is 0 Å². The zero-order valence-electron chi connectivity index (χ0n) is 10.5. The van der Waals surface area contributed by atoms with Crippen molar-refractivity contribution in [3.8, 4) is 5.75 Å². The van der Waals surface area contributed by atoms with Crippen molar-refractivity contribution in [2.45, 2.75) is 12.5 Å². The molecule has 0 aromatic heterocycles. The van der Waals surface area contributed by atoms with Crippen LogP contribution in [-0.2, 0) is 6.42 Å². The molecule has 0 saturated carbocycles. The van der Waals surface area contributed by atoms with Crippen LogP contribution in [-0.4, -0.2) is 55.1 Å². The van der Waals surface area contributed by atoms with Gasteiger partial charge in [0.25, 0.3) is 0 Å². The first-order valence-corrected chi connectivity index (χ1v) is 5.76. The second kappa shape index (κ2) is 7.27. The molecule has 0 radical (unpaired) electrons. The molecule has 0 fully saturated rings. The van der Waals surface area contributed by atoms with E-state index in [0.717, 1.165) is 18.7 Å². The first-order chi connectivity index (χ1) is 8.15. The Bertz CT molecular complexity index is 313. The summed E-state index contributed by atoms with van der Waals surface area (Å²) in [6.07, 6.45) is 0.259. The summed E-state index contributed by atoms with van der Waals surface area (Å²) in [6.45, 7) is 1.16. The number of aliphatic hydroxyl groups excluding tert-OH is 2. The number of ether oxygens (including phenoxy) is 1. The molecular weight excluding hydrogens is 218 g/mol. The zero-order valence-corrected chi connectivity index (χ0v) is 10.5. The third-order valence-corrected chi connectivity index (χ3v) is 2.67. The summed E-state index contributed by atoms with van der Waals surface area (Å²) in [6, 6.07) is 7.96. The number of methoxy groups -OCH3 is 1. The van der Waals surface area contributed by atoms with Crippen molar-refractivity contribution in [2.75, 3.05) is 33.9 Å². The van der Waals surface area contributed by atoms with Crippen LogP contribution >= 0.6 is 0 Å². The largest absolute Gasteiger partial charge is 0.497 e. The van der Waals surface area contributed by atoms with Crippen molar-refractivity contribution in [3.05, 3.63) is 29.8 Å². The fraction of sp³-hybridized carbons (Fsp3) is 0.538. The summed E-state index contributed by atoms with van der Waals surface area (Å²) >= 11 is 0. The van der Waals surface area contributed by atoms with Crippen LogP contribution in [0.2, 0.25) is 0 Å². The molecule has 1 unspecified atom stereocenters. The second-order valence-corrected chi connectivity index (χ2v) is 4.20. The molecule has 0 spiro atoms. The average molecular weight is 239 g/mol. The molecule has 0 bridgehead atoms. The van der Waals surface area contributed by atoms with Crippen molar-refractivity contribution in [1.82, 2.24) is 4.90 Å². The lowest BCUT2D eigenvalue weighted by atomic mass is 10.1. The fourth-order valence-electron chi connectivity index (χ4n) is 1.62. The van der Waals surface area contributed by atoms with Gasteiger partial charge < -0.3 is 19.8 Å². The predicted octanol–water partition coefficient (Wildman–Crippen LogP) is 0.523. The first kappa shape index (κ1) is 14.0. The van der Waals surface area contributed by atoms with Crippen molar-refractivity contribution < 1.29 is 14.9 Å². The molecule has 0 amide bonds. The van der Waals surface area contributed by atoms with E-state index in [1.807, 2.05) is 36.2 Å². The smallest absolute Gasteiger partial charge is 0.118 e. The van der Waals surface area contributed by atoms with E-state index in [1.165, 1.54) is 5.56 Å². The van der Waals surface area contributed by atoms with Gasteiger partial charge in [-0.1, -0.05) is 12.1 Å². The Labute approximate surface area is 102 Å². The molecule has 2 N–H and O–H groups in total. The number of hydrogen-bond acceptors (Lipinski definition) is 4. The van der Waals surface area contributed by atoms with Crippen LogP contribution in [0.25, 0.3) is 0 Å². The van der Waals surface area contributed by atoms with Crippen LogP contribution in [0.1, 0.15) is 5.56 Å². The Morgan fingerprint density at radius 1 is 1.29 bits per heavy atom. The lowest BCUT2D eigenvalue weighted by Gasteiger charge is -2.19. The van der Waals surface area contributed by atoms with Crippen molar-refractivity contribution in [3.63, 3.8) is 0 Å². The van der Waals surface area contributed by atoms with Gasteiger partial charge in [-0.15, -0.1) is 0 Å². The second-order valence-electron chi connectivity index (χ2n) is 4.20. The predicted molar refractivity (Wildman–Crippen MR) is 67.3 cm³/mol. The Balaban J connectivity index is 2.34. The SMILES string of the molecule is COc1ccc(CCN(C)CC(O)CO)cc1. The van der Waals surface area contributed by atoms with Gasteiger partial charge in [-0.05, 0) is 31.2 Å². The molecule has 1 aromatic rings. The summed E-state index contributed by atoms with van der Waals surface area (Å²) in [4.78, 5) is 2.01. The van der Waals surface area contributed by atoms with Gasteiger partial charge in [0, 0.05) is 13.1 Å². The molecule has 1 rings (SSSR count). The number of benzene rings is 1.